The van der Waals surface area contributed by atoms with Crippen molar-refractivity contribution in [3.63, 3.8) is 0 Å². The third-order valence-electron chi connectivity index (χ3n) is 5.89. The highest BCUT2D eigenvalue weighted by Crippen LogP contribution is 2.29. The number of carbonyl (C=O) groups excluding carboxylic acids is 1. The minimum atomic E-state index is -3.42. The molecule has 0 spiro atoms. The van der Waals surface area contributed by atoms with E-state index in [9.17, 15) is 17.8 Å². The third-order valence-corrected chi connectivity index (χ3v) is 7.50. The second kappa shape index (κ2) is 9.65. The highest BCUT2D eigenvalue weighted by molar-refractivity contribution is 7.90. The van der Waals surface area contributed by atoms with Gasteiger partial charge in [0, 0.05) is 36.6 Å². The van der Waals surface area contributed by atoms with Crippen LogP contribution in [0.2, 0.25) is 0 Å². The van der Waals surface area contributed by atoms with Crippen LogP contribution in [0.3, 0.4) is 0 Å². The highest BCUT2D eigenvalue weighted by Gasteiger charge is 2.33. The Kier molecular flexibility index (Phi) is 6.83. The molecule has 2 aromatic carbocycles. The van der Waals surface area contributed by atoms with Gasteiger partial charge in [-0.15, -0.1) is 0 Å². The van der Waals surface area contributed by atoms with Crippen LogP contribution in [-0.4, -0.2) is 26.8 Å². The molecule has 7 nitrogen and oxygen atoms in total. The Labute approximate surface area is 197 Å². The summed E-state index contributed by atoms with van der Waals surface area (Å²) in [5, 5.41) is 2.56. The van der Waals surface area contributed by atoms with E-state index in [0.717, 1.165) is 17.7 Å². The van der Waals surface area contributed by atoms with E-state index in [1.165, 1.54) is 16.8 Å². The molecule has 2 unspecified atom stereocenters. The molecule has 34 heavy (non-hydrogen) atoms. The van der Waals surface area contributed by atoms with E-state index in [4.69, 9.17) is 9.52 Å². The van der Waals surface area contributed by atoms with Crippen LogP contribution in [0.15, 0.2) is 59.6 Å². The minimum Gasteiger partial charge on any atom is -0.372 e. The minimum absolute atomic E-state index is 0.0954. The lowest BCUT2D eigenvalue weighted by Crippen LogP contribution is -2.41. The zero-order chi connectivity index (χ0) is 24.5. The smallest absolute Gasteiger partial charge is 0.272 e. The van der Waals surface area contributed by atoms with Gasteiger partial charge in [-0.05, 0) is 37.5 Å². The number of carbonyl (C=O) groups is 1. The maximum absolute atomic E-state index is 13.6. The fraction of sp³-hybridized carbons (Fsp3) is 0.292. The second-order valence-corrected chi connectivity index (χ2v) is 10.1. The first-order chi connectivity index (χ1) is 16.2. The van der Waals surface area contributed by atoms with Crippen LogP contribution >= 0.6 is 0 Å². The maximum atomic E-state index is 13.6. The summed E-state index contributed by atoms with van der Waals surface area (Å²) < 4.78 is 59.0. The first kappa shape index (κ1) is 24.1. The van der Waals surface area contributed by atoms with Crippen LogP contribution in [0.5, 0.6) is 0 Å². The summed E-state index contributed by atoms with van der Waals surface area (Å²) in [5.74, 6) is -2.65. The Balaban J connectivity index is 1.53. The largest absolute Gasteiger partial charge is 0.372 e. The zero-order valence-corrected chi connectivity index (χ0v) is 19.6. The van der Waals surface area contributed by atoms with Gasteiger partial charge in [-0.1, -0.05) is 30.3 Å². The van der Waals surface area contributed by atoms with Gasteiger partial charge < -0.3 is 14.6 Å². The molecule has 3 N–H and O–H groups in total. The Morgan fingerprint density at radius 3 is 2.71 bits per heavy atom. The molecule has 0 saturated heterocycles. The van der Waals surface area contributed by atoms with E-state index in [1.54, 1.807) is 7.05 Å². The topological polar surface area (TPSA) is 96.2 Å². The number of benzene rings is 2. The number of ether oxygens (including phenoxy) is 1. The fourth-order valence-electron chi connectivity index (χ4n) is 4.08. The Morgan fingerprint density at radius 2 is 2.00 bits per heavy atom. The van der Waals surface area contributed by atoms with Crippen LogP contribution in [0.1, 0.15) is 35.0 Å². The van der Waals surface area contributed by atoms with Gasteiger partial charge in [0.05, 0.1) is 17.6 Å². The monoisotopic (exact) mass is 488 g/mol. The van der Waals surface area contributed by atoms with Gasteiger partial charge in [-0.2, -0.15) is 0 Å². The van der Waals surface area contributed by atoms with E-state index in [2.05, 4.69) is 10.0 Å². The van der Waals surface area contributed by atoms with Crippen molar-refractivity contribution in [1.29, 1.82) is 4.78 Å². The molecule has 180 valence electrons. The lowest BCUT2D eigenvalue weighted by atomic mass is 10.0. The number of aromatic nitrogens is 1. The van der Waals surface area contributed by atoms with Crippen molar-refractivity contribution in [3.8, 4) is 0 Å². The molecular weight excluding hydrogens is 462 g/mol. The highest BCUT2D eigenvalue weighted by atomic mass is 32.2. The van der Waals surface area contributed by atoms with E-state index in [1.807, 2.05) is 37.3 Å². The molecule has 0 fully saturated rings. The fourth-order valence-corrected chi connectivity index (χ4v) is 5.80. The van der Waals surface area contributed by atoms with Gasteiger partial charge in [0.25, 0.3) is 5.91 Å². The number of aryl methyl sites for hydroxylation is 1. The number of hydrogen-bond donors (Lipinski definition) is 3. The van der Waals surface area contributed by atoms with Crippen LogP contribution in [-0.2, 0) is 34.7 Å². The average Bonchev–Trinajstić information content (AvgIpc) is 3.09. The number of anilines is 1. The quantitative estimate of drug-likeness (QED) is 0.480. The first-order valence-corrected chi connectivity index (χ1v) is 12.4. The van der Waals surface area contributed by atoms with Gasteiger partial charge in [0.15, 0.2) is 11.6 Å². The van der Waals surface area contributed by atoms with E-state index in [-0.39, 0.29) is 28.4 Å². The van der Waals surface area contributed by atoms with Crippen molar-refractivity contribution in [2.45, 2.75) is 43.4 Å². The molecule has 1 aliphatic rings. The van der Waals surface area contributed by atoms with Crippen molar-refractivity contribution in [2.75, 3.05) is 5.32 Å². The van der Waals surface area contributed by atoms with E-state index in [0.29, 0.717) is 25.0 Å². The average molecular weight is 489 g/mol. The summed E-state index contributed by atoms with van der Waals surface area (Å²) in [5.41, 5.74) is 1.82. The summed E-state index contributed by atoms with van der Waals surface area (Å²) in [7, 11) is -1.80. The van der Waals surface area contributed by atoms with Crippen molar-refractivity contribution < 1.29 is 22.5 Å². The molecule has 0 aliphatic carbocycles. The lowest BCUT2D eigenvalue weighted by Gasteiger charge is -2.24. The normalized spacial score (nSPS) is 20.9. The Bertz CT molecular complexity index is 1310. The molecule has 1 aliphatic heterocycles. The summed E-state index contributed by atoms with van der Waals surface area (Å²) in [6.07, 6.45) is 2.07. The summed E-state index contributed by atoms with van der Waals surface area (Å²) in [4.78, 5) is 13.3. The third kappa shape index (κ3) is 5.03. The van der Waals surface area contributed by atoms with Gasteiger partial charge in [0.2, 0.25) is 0 Å². The van der Waals surface area contributed by atoms with Crippen molar-refractivity contribution >= 4 is 21.5 Å². The predicted octanol–water partition coefficient (Wildman–Crippen LogP) is 4.39. The molecule has 0 bridgehead atoms. The van der Waals surface area contributed by atoms with Gasteiger partial charge >= 0.3 is 0 Å². The number of amides is 1. The van der Waals surface area contributed by atoms with Gasteiger partial charge in [-0.3, -0.25) is 4.79 Å². The Hall–Kier alpha value is -3.08. The number of halogens is 2. The zero-order valence-electron chi connectivity index (χ0n) is 18.8. The van der Waals surface area contributed by atoms with E-state index >= 15 is 0 Å². The first-order valence-electron chi connectivity index (χ1n) is 10.8. The molecule has 2 heterocycles. The predicted molar refractivity (Wildman–Crippen MR) is 125 cm³/mol. The molecule has 1 amide bonds. The second-order valence-electron chi connectivity index (χ2n) is 8.34. The number of fused-ring (bicyclic) bond motifs is 1. The summed E-state index contributed by atoms with van der Waals surface area (Å²) >= 11 is 0. The maximum Gasteiger partial charge on any atom is 0.272 e. The molecule has 4 rings (SSSR count). The standard InChI is InChI=1S/C24H26F2N4O3S/c1-15(33-14-16-6-4-3-5-7-16)21-11-9-18-22(34(27,32)29-21)13-30(2)23(18)24(31)28-17-8-10-19(25)20(26)12-17/h3-8,10,12-13,15,21H,9,11,14H2,1-2H3,(H,28,31)(H2,27,29,32)/t15?,21-,34?/m1/s1. The van der Waals surface area contributed by atoms with Crippen molar-refractivity contribution in [3.05, 3.63) is 83.2 Å². The van der Waals surface area contributed by atoms with Crippen molar-refractivity contribution in [1.82, 2.24) is 9.29 Å². The Morgan fingerprint density at radius 1 is 1.26 bits per heavy atom. The van der Waals surface area contributed by atoms with Crippen LogP contribution < -0.4 is 10.0 Å². The molecule has 0 radical (unpaired) electrons. The molecule has 1 aromatic heterocycles. The molecule has 0 saturated carbocycles. The number of rotatable bonds is 6. The van der Waals surface area contributed by atoms with Crippen LogP contribution in [0.25, 0.3) is 0 Å². The molecule has 3 aromatic rings. The number of nitrogens with one attached hydrogen (secondary N) is 3. The van der Waals surface area contributed by atoms with Gasteiger partial charge in [0.1, 0.15) is 15.6 Å². The molecule has 10 heteroatoms. The SMILES string of the molecule is CC(OCc1ccccc1)[C@H]1CCc2c(cn(C)c2C(=O)Nc2ccc(F)c(F)c2)S(=N)(=O)N1. The van der Waals surface area contributed by atoms with Crippen LogP contribution in [0, 0.1) is 16.4 Å². The summed E-state index contributed by atoms with van der Waals surface area (Å²) in [6, 6.07) is 12.4. The number of hydrogen-bond acceptors (Lipinski definition) is 4. The van der Waals surface area contributed by atoms with Crippen LogP contribution in [0.4, 0.5) is 14.5 Å². The van der Waals surface area contributed by atoms with Crippen molar-refractivity contribution in [2.24, 2.45) is 7.05 Å². The molecule has 3 atom stereocenters. The van der Waals surface area contributed by atoms with E-state index < -0.39 is 27.5 Å². The summed E-state index contributed by atoms with van der Waals surface area (Å²) in [6.45, 7) is 2.25. The lowest BCUT2D eigenvalue weighted by molar-refractivity contribution is 0.0308. The van der Waals surface area contributed by atoms with Gasteiger partial charge in [-0.25, -0.2) is 22.5 Å². The number of nitrogens with zero attached hydrogens (tertiary/aromatic N) is 1. The molecular formula is C24H26F2N4O3S.